The van der Waals surface area contributed by atoms with Gasteiger partial charge in [-0.05, 0) is 62.0 Å². The van der Waals surface area contributed by atoms with Gasteiger partial charge in [0.2, 0.25) is 0 Å². The van der Waals surface area contributed by atoms with Crippen molar-refractivity contribution >= 4 is 17.5 Å². The fraction of sp³-hybridized carbons (Fsp3) is 0.816. The van der Waals surface area contributed by atoms with Gasteiger partial charge in [-0.1, -0.05) is 116 Å². The zero-order valence-electron chi connectivity index (χ0n) is 28.6. The van der Waals surface area contributed by atoms with Gasteiger partial charge in [0.1, 0.15) is 12.2 Å². The van der Waals surface area contributed by atoms with Crippen molar-refractivity contribution in [2.24, 2.45) is 34.5 Å². The third kappa shape index (κ3) is 8.56. The van der Waals surface area contributed by atoms with E-state index in [4.69, 9.17) is 5.11 Å². The standard InChI is InChI=1S/C22H30O5.C16H32O2/c1-12-8-14-15-5-7-22(27,18(26)11-23)21(15,3)10-17(25)19(14)20(2)6-4-13(24)9-16(12)20;1-2-3-4-5-6-7-8-9-10-11-12-13-14-15-16(17)18/h4,6,9,12,14-15,17,19,23,25,27H,5,7-8,10-11H2,1-3H3;2-15H2,1H3,(H,17,18)/t12-,14-,15-,17-,19+,20-,21-,22-;/m0./s1. The number of unbranched alkanes of at least 4 members (excludes halogenated alkanes) is 12. The number of aliphatic carboxylic acids is 1. The van der Waals surface area contributed by atoms with E-state index >= 15 is 0 Å². The van der Waals surface area contributed by atoms with Gasteiger partial charge in [0.25, 0.3) is 0 Å². The molecule has 8 atom stereocenters. The molecule has 3 fully saturated rings. The number of hydrogen-bond acceptors (Lipinski definition) is 6. The summed E-state index contributed by atoms with van der Waals surface area (Å²) in [5, 5.41) is 40.4. The van der Waals surface area contributed by atoms with E-state index in [1.165, 1.54) is 70.6 Å². The van der Waals surface area contributed by atoms with E-state index in [-0.39, 0.29) is 34.9 Å². The first-order valence-corrected chi connectivity index (χ1v) is 18.1. The highest BCUT2D eigenvalue weighted by atomic mass is 16.4. The predicted octanol–water partition coefficient (Wildman–Crippen LogP) is 7.36. The Kier molecular flexibility index (Phi) is 14.1. The summed E-state index contributed by atoms with van der Waals surface area (Å²) in [5.74, 6) is -0.731. The molecule has 0 saturated heterocycles. The molecule has 0 aromatic heterocycles. The first kappa shape index (κ1) is 37.6. The van der Waals surface area contributed by atoms with Gasteiger partial charge < -0.3 is 20.4 Å². The lowest BCUT2D eigenvalue weighted by molar-refractivity contribution is -0.180. The fourth-order valence-electron chi connectivity index (χ4n) is 9.64. The normalized spacial score (nSPS) is 35.0. The maximum absolute atomic E-state index is 12.4. The molecule has 0 heterocycles. The Balaban J connectivity index is 0.000000270. The molecule has 0 spiro atoms. The summed E-state index contributed by atoms with van der Waals surface area (Å²) in [6.45, 7) is 7.74. The highest BCUT2D eigenvalue weighted by Crippen LogP contribution is 2.67. The Morgan fingerprint density at radius 1 is 0.933 bits per heavy atom. The zero-order chi connectivity index (χ0) is 33.3. The Morgan fingerprint density at radius 3 is 2.02 bits per heavy atom. The number of aliphatic hydroxyl groups is 3. The van der Waals surface area contributed by atoms with Crippen LogP contribution in [0.3, 0.4) is 0 Å². The van der Waals surface area contributed by atoms with Crippen LogP contribution in [-0.2, 0) is 14.4 Å². The molecule has 256 valence electrons. The van der Waals surface area contributed by atoms with Crippen LogP contribution in [0.5, 0.6) is 0 Å². The summed E-state index contributed by atoms with van der Waals surface area (Å²) in [5.41, 5.74) is -1.59. The molecule has 0 radical (unpaired) electrons. The van der Waals surface area contributed by atoms with Crippen molar-refractivity contribution in [3.8, 4) is 0 Å². The minimum absolute atomic E-state index is 0.00620. The lowest BCUT2D eigenvalue weighted by Crippen LogP contribution is -2.62. The van der Waals surface area contributed by atoms with Crippen LogP contribution in [0, 0.1) is 34.5 Å². The zero-order valence-corrected chi connectivity index (χ0v) is 28.6. The number of rotatable bonds is 16. The smallest absolute Gasteiger partial charge is 0.303 e. The van der Waals surface area contributed by atoms with Gasteiger partial charge in [0.05, 0.1) is 6.10 Å². The molecule has 0 unspecified atom stereocenters. The van der Waals surface area contributed by atoms with Crippen LogP contribution in [-0.4, -0.2) is 56.3 Å². The molecule has 7 nitrogen and oxygen atoms in total. The summed E-state index contributed by atoms with van der Waals surface area (Å²) in [6.07, 6.45) is 24.1. The Labute approximate surface area is 272 Å². The van der Waals surface area contributed by atoms with E-state index in [9.17, 15) is 29.7 Å². The molecule has 4 aliphatic carbocycles. The topological polar surface area (TPSA) is 132 Å². The second kappa shape index (κ2) is 16.8. The quantitative estimate of drug-likeness (QED) is 0.131. The second-order valence-corrected chi connectivity index (χ2v) is 15.1. The van der Waals surface area contributed by atoms with Crippen molar-refractivity contribution in [3.63, 3.8) is 0 Å². The minimum Gasteiger partial charge on any atom is -0.481 e. The van der Waals surface area contributed by atoms with Gasteiger partial charge >= 0.3 is 5.97 Å². The number of allylic oxidation sites excluding steroid dienone is 4. The maximum Gasteiger partial charge on any atom is 0.303 e. The van der Waals surface area contributed by atoms with E-state index in [0.717, 1.165) is 31.3 Å². The van der Waals surface area contributed by atoms with Crippen LogP contribution in [0.2, 0.25) is 0 Å². The van der Waals surface area contributed by atoms with Crippen LogP contribution in [0.15, 0.2) is 23.8 Å². The Hall–Kier alpha value is -1.83. The van der Waals surface area contributed by atoms with Crippen LogP contribution in [0.4, 0.5) is 0 Å². The lowest BCUT2D eigenvalue weighted by Gasteiger charge is -2.60. The first-order chi connectivity index (χ1) is 21.4. The summed E-state index contributed by atoms with van der Waals surface area (Å²) in [6, 6.07) is 0. The fourth-order valence-corrected chi connectivity index (χ4v) is 9.64. The number of aliphatic hydroxyl groups excluding tert-OH is 2. The van der Waals surface area contributed by atoms with Crippen LogP contribution < -0.4 is 0 Å². The third-order valence-electron chi connectivity index (χ3n) is 12.1. The van der Waals surface area contributed by atoms with Crippen LogP contribution in [0.1, 0.15) is 143 Å². The molecule has 45 heavy (non-hydrogen) atoms. The number of Topliss-reactive ketones (excluding diaryl/α,β-unsaturated/α-hetero) is 1. The summed E-state index contributed by atoms with van der Waals surface area (Å²) >= 11 is 0. The molecule has 0 bridgehead atoms. The van der Waals surface area contributed by atoms with Gasteiger partial charge in [0, 0.05) is 23.2 Å². The van der Waals surface area contributed by atoms with Gasteiger partial charge in [-0.25, -0.2) is 0 Å². The number of fused-ring (bicyclic) bond motifs is 5. The molecule has 4 aliphatic rings. The average Bonchev–Trinajstić information content (AvgIpc) is 3.26. The van der Waals surface area contributed by atoms with Crippen molar-refractivity contribution < 1.29 is 34.8 Å². The molecule has 3 saturated carbocycles. The predicted molar refractivity (Wildman–Crippen MR) is 178 cm³/mol. The highest BCUT2D eigenvalue weighted by molar-refractivity contribution is 6.01. The van der Waals surface area contributed by atoms with Crippen LogP contribution in [0.25, 0.3) is 0 Å². The van der Waals surface area contributed by atoms with Crippen molar-refractivity contribution in [1.29, 1.82) is 0 Å². The Bertz CT molecular complexity index is 1060. The number of carbonyl (C=O) groups excluding carboxylic acids is 2. The summed E-state index contributed by atoms with van der Waals surface area (Å²) in [7, 11) is 0. The number of carboxylic acids is 1. The third-order valence-corrected chi connectivity index (χ3v) is 12.1. The highest BCUT2D eigenvalue weighted by Gasteiger charge is 2.68. The molecule has 7 heteroatoms. The van der Waals surface area contributed by atoms with Crippen LogP contribution >= 0.6 is 0 Å². The van der Waals surface area contributed by atoms with E-state index in [1.54, 1.807) is 12.2 Å². The monoisotopic (exact) mass is 630 g/mol. The number of carbonyl (C=O) groups is 3. The molecule has 4 N–H and O–H groups in total. The molecule has 0 aliphatic heterocycles. The van der Waals surface area contributed by atoms with Gasteiger partial charge in [0.15, 0.2) is 11.6 Å². The van der Waals surface area contributed by atoms with Crippen molar-refractivity contribution in [2.75, 3.05) is 6.61 Å². The van der Waals surface area contributed by atoms with E-state index < -0.39 is 35.5 Å². The second-order valence-electron chi connectivity index (χ2n) is 15.1. The molecule has 4 rings (SSSR count). The summed E-state index contributed by atoms with van der Waals surface area (Å²) < 4.78 is 0. The van der Waals surface area contributed by atoms with Gasteiger partial charge in [-0.2, -0.15) is 0 Å². The van der Waals surface area contributed by atoms with E-state index in [2.05, 4.69) is 20.8 Å². The number of carboxylic acid groups (broad SMARTS) is 1. The van der Waals surface area contributed by atoms with Crippen molar-refractivity contribution in [3.05, 3.63) is 23.8 Å². The largest absolute Gasteiger partial charge is 0.481 e. The first-order valence-electron chi connectivity index (χ1n) is 18.1. The Morgan fingerprint density at radius 2 is 1.49 bits per heavy atom. The minimum atomic E-state index is -1.57. The van der Waals surface area contributed by atoms with E-state index in [1.807, 2.05) is 13.0 Å². The molecule has 0 amide bonds. The number of hydrogen-bond donors (Lipinski definition) is 4. The maximum atomic E-state index is 12.4. The number of ketones is 2. The van der Waals surface area contributed by atoms with Gasteiger partial charge in [-0.15, -0.1) is 0 Å². The van der Waals surface area contributed by atoms with E-state index in [0.29, 0.717) is 19.3 Å². The van der Waals surface area contributed by atoms with Crippen molar-refractivity contribution in [1.82, 2.24) is 0 Å². The molecular formula is C38H62O7. The SMILES string of the molecule is CCCCCCCCCCCCCCCC(=O)O.C[C@H]1C[C@@H]2[C@H]([C@@H](O)C[C@@]3(C)[C@H]2CC[C@]3(O)C(=O)CO)[C@@]2(C)C=CC(=O)C=C12. The van der Waals surface area contributed by atoms with Gasteiger partial charge in [-0.3, -0.25) is 14.4 Å². The summed E-state index contributed by atoms with van der Waals surface area (Å²) in [4.78, 5) is 34.7. The molecule has 0 aromatic rings. The average molecular weight is 631 g/mol. The van der Waals surface area contributed by atoms with Crippen molar-refractivity contribution in [2.45, 2.75) is 155 Å². The lowest BCUT2D eigenvalue weighted by atomic mass is 9.45. The molecule has 0 aromatic carbocycles. The molecular weight excluding hydrogens is 568 g/mol.